The van der Waals surface area contributed by atoms with Gasteiger partial charge in [-0.05, 0) is 36.9 Å². The van der Waals surface area contributed by atoms with Crippen molar-refractivity contribution < 1.29 is 13.2 Å². The van der Waals surface area contributed by atoms with E-state index in [1.54, 1.807) is 18.2 Å². The first-order valence-electron chi connectivity index (χ1n) is 6.95. The molecule has 1 aromatic rings. The molecule has 0 aliphatic heterocycles. The number of nitrogens with one attached hydrogen (secondary N) is 1. The zero-order chi connectivity index (χ0) is 16.1. The quantitative estimate of drug-likeness (QED) is 0.807. The van der Waals surface area contributed by atoms with Crippen LogP contribution < -0.4 is 11.1 Å². The zero-order valence-electron chi connectivity index (χ0n) is 12.8. The van der Waals surface area contributed by atoms with E-state index in [0.29, 0.717) is 25.1 Å². The van der Waals surface area contributed by atoms with Crippen LogP contribution in [0.1, 0.15) is 33.1 Å². The maximum Gasteiger partial charge on any atom is 0.224 e. The van der Waals surface area contributed by atoms with Gasteiger partial charge in [0, 0.05) is 12.7 Å². The standard InChI is InChI=1S/C15H24N2O3S/c1-15(2,10-11-16)9-8-14(18)17-12-6-4-5-7-13(12)21(3,19)20/h4-7H,8-11,16H2,1-3H3,(H,17,18). The highest BCUT2D eigenvalue weighted by molar-refractivity contribution is 7.90. The fourth-order valence-electron chi connectivity index (χ4n) is 2.07. The summed E-state index contributed by atoms with van der Waals surface area (Å²) in [5, 5.41) is 2.68. The Labute approximate surface area is 126 Å². The molecule has 5 nitrogen and oxygen atoms in total. The number of anilines is 1. The Balaban J connectivity index is 2.73. The van der Waals surface area contributed by atoms with E-state index in [9.17, 15) is 13.2 Å². The van der Waals surface area contributed by atoms with Crippen molar-refractivity contribution in [2.24, 2.45) is 11.1 Å². The molecule has 1 amide bonds. The zero-order valence-corrected chi connectivity index (χ0v) is 13.7. The molecule has 0 spiro atoms. The third-order valence-corrected chi connectivity index (χ3v) is 4.57. The van der Waals surface area contributed by atoms with Gasteiger partial charge < -0.3 is 11.1 Å². The molecule has 0 radical (unpaired) electrons. The molecule has 3 N–H and O–H groups in total. The van der Waals surface area contributed by atoms with Crippen LogP contribution >= 0.6 is 0 Å². The molecule has 0 saturated carbocycles. The molecule has 0 fully saturated rings. The summed E-state index contributed by atoms with van der Waals surface area (Å²) in [6.45, 7) is 4.72. The molecule has 6 heteroatoms. The number of carbonyl (C=O) groups is 1. The summed E-state index contributed by atoms with van der Waals surface area (Å²) in [6.07, 6.45) is 3.02. The number of carbonyl (C=O) groups excluding carboxylic acids is 1. The molecule has 0 aromatic heterocycles. The number of nitrogens with two attached hydrogens (primary N) is 1. The highest BCUT2D eigenvalue weighted by Gasteiger charge is 2.19. The molecule has 0 atom stereocenters. The lowest BCUT2D eigenvalue weighted by molar-refractivity contribution is -0.116. The number of hydrogen-bond donors (Lipinski definition) is 2. The Morgan fingerprint density at radius 2 is 1.86 bits per heavy atom. The molecule has 21 heavy (non-hydrogen) atoms. The van der Waals surface area contributed by atoms with Crippen LogP contribution in [0.25, 0.3) is 0 Å². The predicted molar refractivity (Wildman–Crippen MR) is 84.9 cm³/mol. The van der Waals surface area contributed by atoms with Crippen LogP contribution in [0, 0.1) is 5.41 Å². The molecular formula is C15H24N2O3S. The monoisotopic (exact) mass is 312 g/mol. The van der Waals surface area contributed by atoms with E-state index in [2.05, 4.69) is 19.2 Å². The number of hydrogen-bond acceptors (Lipinski definition) is 4. The molecule has 0 unspecified atom stereocenters. The van der Waals surface area contributed by atoms with Gasteiger partial charge in [-0.3, -0.25) is 4.79 Å². The Hall–Kier alpha value is -1.40. The second-order valence-corrected chi connectivity index (χ2v) is 8.00. The lowest BCUT2D eigenvalue weighted by Crippen LogP contribution is -2.21. The molecule has 0 aliphatic rings. The van der Waals surface area contributed by atoms with Crippen molar-refractivity contribution in [3.8, 4) is 0 Å². The van der Waals surface area contributed by atoms with Crippen molar-refractivity contribution >= 4 is 21.4 Å². The van der Waals surface area contributed by atoms with Crippen LogP contribution in [0.2, 0.25) is 0 Å². The van der Waals surface area contributed by atoms with Gasteiger partial charge in [0.15, 0.2) is 9.84 Å². The molecule has 0 aliphatic carbocycles. The molecule has 0 bridgehead atoms. The van der Waals surface area contributed by atoms with Crippen LogP contribution in [-0.4, -0.2) is 27.1 Å². The minimum Gasteiger partial charge on any atom is -0.330 e. The molecule has 0 heterocycles. The van der Waals surface area contributed by atoms with Gasteiger partial charge in [0.05, 0.1) is 10.6 Å². The number of amides is 1. The average molecular weight is 312 g/mol. The lowest BCUT2D eigenvalue weighted by Gasteiger charge is -2.23. The highest BCUT2D eigenvalue weighted by atomic mass is 32.2. The first kappa shape index (κ1) is 17.7. The predicted octanol–water partition coefficient (Wildman–Crippen LogP) is 2.18. The smallest absolute Gasteiger partial charge is 0.224 e. The van der Waals surface area contributed by atoms with Crippen molar-refractivity contribution in [2.75, 3.05) is 18.1 Å². The van der Waals surface area contributed by atoms with Gasteiger partial charge in [-0.1, -0.05) is 26.0 Å². The Morgan fingerprint density at radius 3 is 2.43 bits per heavy atom. The van der Waals surface area contributed by atoms with Crippen LogP contribution in [0.3, 0.4) is 0 Å². The number of para-hydroxylation sites is 1. The fourth-order valence-corrected chi connectivity index (χ4v) is 2.92. The van der Waals surface area contributed by atoms with Crippen molar-refractivity contribution in [3.63, 3.8) is 0 Å². The normalized spacial score (nSPS) is 12.2. The third-order valence-electron chi connectivity index (χ3n) is 3.41. The average Bonchev–Trinajstić information content (AvgIpc) is 2.36. The number of rotatable bonds is 7. The summed E-state index contributed by atoms with van der Waals surface area (Å²) in [5.74, 6) is -0.184. The van der Waals surface area contributed by atoms with E-state index in [1.165, 1.54) is 6.07 Å². The molecule has 0 saturated heterocycles. The van der Waals surface area contributed by atoms with Crippen LogP contribution in [0.4, 0.5) is 5.69 Å². The Morgan fingerprint density at radius 1 is 1.24 bits per heavy atom. The largest absolute Gasteiger partial charge is 0.330 e. The highest BCUT2D eigenvalue weighted by Crippen LogP contribution is 2.27. The summed E-state index contributed by atoms with van der Waals surface area (Å²) in [7, 11) is -3.36. The number of benzene rings is 1. The van der Waals surface area contributed by atoms with Crippen molar-refractivity contribution in [1.82, 2.24) is 0 Å². The minimum absolute atomic E-state index is 0.00242. The SMILES string of the molecule is CC(C)(CCN)CCC(=O)Nc1ccccc1S(C)(=O)=O. The van der Waals surface area contributed by atoms with Crippen molar-refractivity contribution in [1.29, 1.82) is 0 Å². The first-order chi connectivity index (χ1) is 9.65. The van der Waals surface area contributed by atoms with Crippen LogP contribution in [-0.2, 0) is 14.6 Å². The lowest BCUT2D eigenvalue weighted by atomic mass is 9.84. The third kappa shape index (κ3) is 5.85. The van der Waals surface area contributed by atoms with Crippen LogP contribution in [0.15, 0.2) is 29.2 Å². The second-order valence-electron chi connectivity index (χ2n) is 6.02. The summed E-state index contributed by atoms with van der Waals surface area (Å²) < 4.78 is 23.3. The summed E-state index contributed by atoms with van der Waals surface area (Å²) in [4.78, 5) is 12.1. The topological polar surface area (TPSA) is 89.3 Å². The summed E-state index contributed by atoms with van der Waals surface area (Å²) in [6, 6.07) is 6.42. The van der Waals surface area contributed by atoms with Gasteiger partial charge >= 0.3 is 0 Å². The van der Waals surface area contributed by atoms with E-state index in [0.717, 1.165) is 12.7 Å². The summed E-state index contributed by atoms with van der Waals surface area (Å²) >= 11 is 0. The van der Waals surface area contributed by atoms with Gasteiger partial charge in [-0.25, -0.2) is 8.42 Å². The van der Waals surface area contributed by atoms with E-state index in [1.807, 2.05) is 0 Å². The van der Waals surface area contributed by atoms with E-state index < -0.39 is 9.84 Å². The van der Waals surface area contributed by atoms with E-state index in [4.69, 9.17) is 5.73 Å². The van der Waals surface area contributed by atoms with E-state index >= 15 is 0 Å². The Kier molecular flexibility index (Phi) is 5.92. The molecule has 118 valence electrons. The van der Waals surface area contributed by atoms with Gasteiger partial charge in [-0.15, -0.1) is 0 Å². The summed E-state index contributed by atoms with van der Waals surface area (Å²) in [5.41, 5.74) is 5.88. The minimum atomic E-state index is -3.36. The maximum atomic E-state index is 12.0. The Bertz CT molecular complexity index is 595. The van der Waals surface area contributed by atoms with Crippen molar-refractivity contribution in [2.45, 2.75) is 38.0 Å². The molecule has 1 aromatic carbocycles. The maximum absolute atomic E-state index is 12.0. The fraction of sp³-hybridized carbons (Fsp3) is 0.533. The van der Waals surface area contributed by atoms with Gasteiger partial charge in [0.25, 0.3) is 0 Å². The van der Waals surface area contributed by atoms with Crippen molar-refractivity contribution in [3.05, 3.63) is 24.3 Å². The molecular weight excluding hydrogens is 288 g/mol. The number of sulfone groups is 1. The van der Waals surface area contributed by atoms with Gasteiger partial charge in [0.2, 0.25) is 5.91 Å². The van der Waals surface area contributed by atoms with E-state index in [-0.39, 0.29) is 16.2 Å². The van der Waals surface area contributed by atoms with Gasteiger partial charge in [0.1, 0.15) is 0 Å². The van der Waals surface area contributed by atoms with Crippen LogP contribution in [0.5, 0.6) is 0 Å². The molecule has 1 rings (SSSR count). The first-order valence-corrected chi connectivity index (χ1v) is 8.84. The second kappa shape index (κ2) is 7.04. The van der Waals surface area contributed by atoms with Gasteiger partial charge in [-0.2, -0.15) is 0 Å².